The molecule has 21 heavy (non-hydrogen) atoms. The minimum atomic E-state index is 0.339. The zero-order valence-corrected chi connectivity index (χ0v) is 14.8. The minimum Gasteiger partial charge on any atom is -0.342 e. The highest BCUT2D eigenvalue weighted by atomic mass is 79.9. The third-order valence-electron chi connectivity index (χ3n) is 6.65. The monoisotopic (exact) mass is 353 g/mol. The summed E-state index contributed by atoms with van der Waals surface area (Å²) in [6, 6.07) is 0. The van der Waals surface area contributed by atoms with Gasteiger partial charge in [0.05, 0.1) is 0 Å². The van der Waals surface area contributed by atoms with Gasteiger partial charge in [0.2, 0.25) is 5.91 Å². The number of likely N-dealkylation sites (tertiary alicyclic amines) is 1. The number of carbonyl (C=O) groups is 1. The third-order valence-corrected chi connectivity index (χ3v) is 7.57. The van der Waals surface area contributed by atoms with Crippen LogP contribution >= 0.6 is 15.9 Å². The van der Waals surface area contributed by atoms with Crippen molar-refractivity contribution < 1.29 is 4.79 Å². The molecule has 3 atom stereocenters. The smallest absolute Gasteiger partial charge is 0.223 e. The van der Waals surface area contributed by atoms with E-state index in [1.165, 1.54) is 51.4 Å². The van der Waals surface area contributed by atoms with Crippen molar-refractivity contribution in [3.05, 3.63) is 0 Å². The Morgan fingerprint density at radius 2 is 1.95 bits per heavy atom. The van der Waals surface area contributed by atoms with Gasteiger partial charge in [-0.25, -0.2) is 0 Å². The molecule has 1 aliphatic heterocycles. The summed E-state index contributed by atoms with van der Waals surface area (Å²) < 4.78 is 0.382. The molecule has 0 aromatic rings. The molecule has 118 valence electrons. The number of carbonyl (C=O) groups excluding carboxylic acids is 1. The van der Waals surface area contributed by atoms with E-state index < -0.39 is 0 Å². The normalized spacial score (nSPS) is 48.7. The Bertz CT molecular complexity index is 434. The third kappa shape index (κ3) is 2.68. The predicted molar refractivity (Wildman–Crippen MR) is 88.4 cm³/mol. The number of hydrogen-bond donors (Lipinski definition) is 0. The fourth-order valence-corrected chi connectivity index (χ4v) is 7.90. The van der Waals surface area contributed by atoms with Crippen LogP contribution in [0.15, 0.2) is 0 Å². The van der Waals surface area contributed by atoms with E-state index in [1.54, 1.807) is 0 Å². The Morgan fingerprint density at radius 3 is 2.57 bits per heavy atom. The molecule has 4 saturated carbocycles. The lowest BCUT2D eigenvalue weighted by molar-refractivity contribution is -0.140. The van der Waals surface area contributed by atoms with Crippen molar-refractivity contribution in [3.8, 4) is 0 Å². The number of hydrogen-bond acceptors (Lipinski definition) is 1. The van der Waals surface area contributed by atoms with Gasteiger partial charge in [0.25, 0.3) is 0 Å². The second kappa shape index (κ2) is 4.97. The number of nitrogens with zero attached hydrogens (tertiary/aromatic N) is 1. The number of piperidine rings is 1. The summed E-state index contributed by atoms with van der Waals surface area (Å²) in [5.74, 6) is 2.93. The standard InChI is InChI=1S/C18H28BrNO/c1-13-3-2-4-20(11-13)16(21)10-17-6-14-5-15(7-17)9-18(19,8-14)12-17/h13-15H,2-12H2,1H3. The van der Waals surface area contributed by atoms with Crippen LogP contribution in [0.3, 0.4) is 0 Å². The molecule has 1 heterocycles. The lowest BCUT2D eigenvalue weighted by atomic mass is 9.48. The second-order valence-corrected chi connectivity index (χ2v) is 10.6. The number of amides is 1. The molecule has 5 fully saturated rings. The maximum absolute atomic E-state index is 12.8. The average Bonchev–Trinajstić information content (AvgIpc) is 2.34. The average molecular weight is 354 g/mol. The first kappa shape index (κ1) is 14.5. The van der Waals surface area contributed by atoms with E-state index in [1.807, 2.05) is 0 Å². The van der Waals surface area contributed by atoms with Crippen molar-refractivity contribution in [1.29, 1.82) is 0 Å². The first-order valence-corrected chi connectivity index (χ1v) is 9.71. The summed E-state index contributed by atoms with van der Waals surface area (Å²) in [7, 11) is 0. The molecule has 1 saturated heterocycles. The highest BCUT2D eigenvalue weighted by molar-refractivity contribution is 9.10. The number of alkyl halides is 1. The van der Waals surface area contributed by atoms with Crippen LogP contribution in [0.5, 0.6) is 0 Å². The Kier molecular flexibility index (Phi) is 3.44. The summed E-state index contributed by atoms with van der Waals surface area (Å²) in [5.41, 5.74) is 0.339. The lowest BCUT2D eigenvalue weighted by Crippen LogP contribution is -2.54. The van der Waals surface area contributed by atoms with Crippen molar-refractivity contribution in [2.45, 2.75) is 69.0 Å². The van der Waals surface area contributed by atoms with Crippen molar-refractivity contribution in [2.24, 2.45) is 23.2 Å². The van der Waals surface area contributed by atoms with E-state index in [9.17, 15) is 4.79 Å². The first-order chi connectivity index (χ1) is 9.95. The summed E-state index contributed by atoms with van der Waals surface area (Å²) in [4.78, 5) is 15.0. The molecule has 1 amide bonds. The van der Waals surface area contributed by atoms with Gasteiger partial charge < -0.3 is 4.90 Å². The number of halogens is 1. The minimum absolute atomic E-state index is 0.339. The van der Waals surface area contributed by atoms with Crippen LogP contribution in [0.25, 0.3) is 0 Å². The molecule has 4 aliphatic carbocycles. The van der Waals surface area contributed by atoms with Crippen LogP contribution in [0, 0.1) is 23.2 Å². The molecule has 4 bridgehead atoms. The Balaban J connectivity index is 1.47. The Hall–Kier alpha value is -0.0500. The van der Waals surface area contributed by atoms with Gasteiger partial charge in [0, 0.05) is 23.8 Å². The molecular weight excluding hydrogens is 326 g/mol. The van der Waals surface area contributed by atoms with Crippen LogP contribution in [0.2, 0.25) is 0 Å². The van der Waals surface area contributed by atoms with Gasteiger partial charge in [-0.1, -0.05) is 22.9 Å². The fourth-order valence-electron chi connectivity index (χ4n) is 6.39. The fraction of sp³-hybridized carbons (Fsp3) is 0.944. The maximum atomic E-state index is 12.8. The van der Waals surface area contributed by atoms with E-state index >= 15 is 0 Å². The quantitative estimate of drug-likeness (QED) is 0.675. The van der Waals surface area contributed by atoms with Gasteiger partial charge in [-0.2, -0.15) is 0 Å². The van der Waals surface area contributed by atoms with Gasteiger partial charge in [0.15, 0.2) is 0 Å². The van der Waals surface area contributed by atoms with Crippen molar-refractivity contribution in [2.75, 3.05) is 13.1 Å². The molecule has 2 nitrogen and oxygen atoms in total. The summed E-state index contributed by atoms with van der Waals surface area (Å²) >= 11 is 4.06. The summed E-state index contributed by atoms with van der Waals surface area (Å²) in [6.45, 7) is 4.30. The van der Waals surface area contributed by atoms with Gasteiger partial charge in [-0.15, -0.1) is 0 Å². The largest absolute Gasteiger partial charge is 0.342 e. The Morgan fingerprint density at radius 1 is 1.24 bits per heavy atom. The molecule has 3 heteroatoms. The molecule has 3 unspecified atom stereocenters. The van der Waals surface area contributed by atoms with Crippen LogP contribution in [-0.4, -0.2) is 28.2 Å². The van der Waals surface area contributed by atoms with E-state index in [-0.39, 0.29) is 0 Å². The van der Waals surface area contributed by atoms with Gasteiger partial charge >= 0.3 is 0 Å². The molecule has 5 rings (SSSR count). The topological polar surface area (TPSA) is 20.3 Å². The van der Waals surface area contributed by atoms with Crippen molar-refractivity contribution in [3.63, 3.8) is 0 Å². The van der Waals surface area contributed by atoms with E-state index in [0.717, 1.165) is 31.3 Å². The SMILES string of the molecule is CC1CCCN(C(=O)CC23CC4CC(CC(Br)(C4)C2)C3)C1. The highest BCUT2D eigenvalue weighted by Crippen LogP contribution is 2.65. The van der Waals surface area contributed by atoms with Gasteiger partial charge in [-0.3, -0.25) is 4.79 Å². The molecule has 0 N–H and O–H groups in total. The zero-order chi connectivity index (χ0) is 14.7. The first-order valence-electron chi connectivity index (χ1n) is 8.92. The molecule has 5 aliphatic rings. The zero-order valence-electron chi connectivity index (χ0n) is 13.2. The molecule has 0 radical (unpaired) electrons. The molecular formula is C18H28BrNO. The van der Waals surface area contributed by atoms with Crippen LogP contribution in [0.1, 0.15) is 64.7 Å². The van der Waals surface area contributed by atoms with Crippen molar-refractivity contribution >= 4 is 21.8 Å². The van der Waals surface area contributed by atoms with Gasteiger partial charge in [-0.05, 0) is 74.5 Å². The molecule has 0 spiro atoms. The van der Waals surface area contributed by atoms with E-state index in [4.69, 9.17) is 0 Å². The van der Waals surface area contributed by atoms with Crippen LogP contribution < -0.4 is 0 Å². The second-order valence-electron chi connectivity index (χ2n) is 8.88. The van der Waals surface area contributed by atoms with E-state index in [2.05, 4.69) is 27.8 Å². The van der Waals surface area contributed by atoms with Crippen LogP contribution in [-0.2, 0) is 4.79 Å². The predicted octanol–water partition coefficient (Wildman–Crippen LogP) is 4.37. The highest BCUT2D eigenvalue weighted by Gasteiger charge is 2.57. The number of rotatable bonds is 2. The maximum Gasteiger partial charge on any atom is 0.223 e. The van der Waals surface area contributed by atoms with Crippen molar-refractivity contribution in [1.82, 2.24) is 4.90 Å². The van der Waals surface area contributed by atoms with Gasteiger partial charge in [0.1, 0.15) is 0 Å². The van der Waals surface area contributed by atoms with E-state index in [0.29, 0.717) is 21.6 Å². The lowest BCUT2D eigenvalue weighted by Gasteiger charge is -2.60. The van der Waals surface area contributed by atoms with Crippen LogP contribution in [0.4, 0.5) is 0 Å². The molecule has 0 aromatic heterocycles. The Labute approximate surface area is 137 Å². The summed E-state index contributed by atoms with van der Waals surface area (Å²) in [6.07, 6.45) is 11.4. The summed E-state index contributed by atoms with van der Waals surface area (Å²) in [5, 5.41) is 0. The molecule has 0 aromatic carbocycles.